The number of rotatable bonds is 3. The van der Waals surface area contributed by atoms with Crippen molar-refractivity contribution in [2.45, 2.75) is 6.54 Å². The third kappa shape index (κ3) is 2.67. The van der Waals surface area contributed by atoms with Gasteiger partial charge in [-0.3, -0.25) is 9.69 Å². The fourth-order valence-corrected chi connectivity index (χ4v) is 2.32. The lowest BCUT2D eigenvalue weighted by molar-refractivity contribution is -0.121. The summed E-state index contributed by atoms with van der Waals surface area (Å²) in [5.74, 6) is 0.750. The Morgan fingerprint density at radius 3 is 2.65 bits per heavy atom. The fraction of sp³-hybridized carbons (Fsp3) is 0.385. The number of aromatic nitrogens is 4. The van der Waals surface area contributed by atoms with E-state index < -0.39 is 0 Å². The molecule has 1 saturated heterocycles. The number of hydrogen-bond donors (Lipinski definition) is 0. The maximum atomic E-state index is 12.2. The number of nitrogens with zero attached hydrogens (tertiary/aromatic N) is 6. The van der Waals surface area contributed by atoms with Crippen LogP contribution in [0.2, 0.25) is 0 Å². The molecule has 7 heteroatoms. The summed E-state index contributed by atoms with van der Waals surface area (Å²) in [6.07, 6.45) is 0. The maximum absolute atomic E-state index is 12.2. The predicted octanol–water partition coefficient (Wildman–Crippen LogP) is 0.0589. The first kappa shape index (κ1) is 12.7. The van der Waals surface area contributed by atoms with E-state index in [1.54, 1.807) is 7.05 Å². The largest absolute Gasteiger partial charge is 0.310 e. The second kappa shape index (κ2) is 5.38. The minimum absolute atomic E-state index is 0.103. The van der Waals surface area contributed by atoms with Crippen LogP contribution in [0.25, 0.3) is 0 Å². The number of aryl methyl sites for hydroxylation is 1. The van der Waals surface area contributed by atoms with Crippen molar-refractivity contribution in [2.75, 3.05) is 24.5 Å². The van der Waals surface area contributed by atoms with E-state index in [-0.39, 0.29) is 5.91 Å². The van der Waals surface area contributed by atoms with Crippen LogP contribution in [0.3, 0.4) is 0 Å². The summed E-state index contributed by atoms with van der Waals surface area (Å²) in [5.41, 5.74) is 0.953. The quantitative estimate of drug-likeness (QED) is 0.790. The highest BCUT2D eigenvalue weighted by atomic mass is 16.2. The molecule has 0 saturated carbocycles. The Bertz CT molecular complexity index is 596. The Kier molecular flexibility index (Phi) is 3.42. The van der Waals surface area contributed by atoms with Gasteiger partial charge in [0.15, 0.2) is 5.82 Å². The lowest BCUT2D eigenvalue weighted by atomic mass is 10.2. The van der Waals surface area contributed by atoms with Crippen molar-refractivity contribution in [1.29, 1.82) is 0 Å². The standard InChI is InChI=1S/C13H16N6O/c1-17-15-12(14-16-17)9-18-7-8-19(13(20)10-18)11-5-3-2-4-6-11/h2-6H,7-10H2,1H3. The molecule has 1 fully saturated rings. The molecular weight excluding hydrogens is 256 g/mol. The van der Waals surface area contributed by atoms with Gasteiger partial charge in [0.05, 0.1) is 20.1 Å². The SMILES string of the molecule is Cn1nnc(CN2CCN(c3ccccc3)C(=O)C2)n1. The van der Waals surface area contributed by atoms with E-state index in [0.29, 0.717) is 25.5 Å². The van der Waals surface area contributed by atoms with Gasteiger partial charge in [-0.05, 0) is 17.3 Å². The highest BCUT2D eigenvalue weighted by molar-refractivity contribution is 5.95. The number of anilines is 1. The molecular formula is C13H16N6O. The minimum Gasteiger partial charge on any atom is -0.310 e. The number of carbonyl (C=O) groups excluding carboxylic acids is 1. The zero-order valence-corrected chi connectivity index (χ0v) is 11.3. The van der Waals surface area contributed by atoms with E-state index in [2.05, 4.69) is 15.4 Å². The Hall–Kier alpha value is -2.28. The molecule has 20 heavy (non-hydrogen) atoms. The first-order valence-corrected chi connectivity index (χ1v) is 6.53. The van der Waals surface area contributed by atoms with Crippen molar-refractivity contribution in [3.05, 3.63) is 36.2 Å². The zero-order chi connectivity index (χ0) is 13.9. The highest BCUT2D eigenvalue weighted by Gasteiger charge is 2.25. The molecule has 2 heterocycles. The topological polar surface area (TPSA) is 67.2 Å². The van der Waals surface area contributed by atoms with Gasteiger partial charge >= 0.3 is 0 Å². The number of tetrazole rings is 1. The summed E-state index contributed by atoms with van der Waals surface area (Å²) in [6, 6.07) is 9.75. The predicted molar refractivity (Wildman–Crippen MR) is 72.9 cm³/mol. The van der Waals surface area contributed by atoms with Gasteiger partial charge in [0, 0.05) is 18.8 Å². The van der Waals surface area contributed by atoms with Crippen molar-refractivity contribution < 1.29 is 4.79 Å². The molecule has 3 rings (SSSR count). The van der Waals surface area contributed by atoms with Crippen LogP contribution in [-0.2, 0) is 18.4 Å². The van der Waals surface area contributed by atoms with E-state index in [1.165, 1.54) is 4.80 Å². The van der Waals surface area contributed by atoms with E-state index >= 15 is 0 Å². The molecule has 0 unspecified atom stereocenters. The Morgan fingerprint density at radius 2 is 2.00 bits per heavy atom. The van der Waals surface area contributed by atoms with Crippen LogP contribution in [0, 0.1) is 0 Å². The summed E-state index contributed by atoms with van der Waals surface area (Å²) in [5, 5.41) is 11.9. The monoisotopic (exact) mass is 272 g/mol. The number of carbonyl (C=O) groups is 1. The Morgan fingerprint density at radius 1 is 1.20 bits per heavy atom. The van der Waals surface area contributed by atoms with Crippen LogP contribution < -0.4 is 4.90 Å². The van der Waals surface area contributed by atoms with Crippen LogP contribution in [0.4, 0.5) is 5.69 Å². The first-order valence-electron chi connectivity index (χ1n) is 6.53. The van der Waals surface area contributed by atoms with Gasteiger partial charge in [0.25, 0.3) is 0 Å². The molecule has 2 aromatic rings. The van der Waals surface area contributed by atoms with Gasteiger partial charge < -0.3 is 4.90 Å². The van der Waals surface area contributed by atoms with Crippen molar-refractivity contribution in [1.82, 2.24) is 25.1 Å². The third-order valence-electron chi connectivity index (χ3n) is 3.28. The second-order valence-corrected chi connectivity index (χ2v) is 4.79. The second-order valence-electron chi connectivity index (χ2n) is 4.79. The van der Waals surface area contributed by atoms with Gasteiger partial charge in [-0.15, -0.1) is 10.2 Å². The molecule has 7 nitrogen and oxygen atoms in total. The molecule has 104 valence electrons. The average Bonchev–Trinajstić information content (AvgIpc) is 2.85. The van der Waals surface area contributed by atoms with Crippen LogP contribution >= 0.6 is 0 Å². The number of benzene rings is 1. The average molecular weight is 272 g/mol. The lowest BCUT2D eigenvalue weighted by Crippen LogP contribution is -2.50. The summed E-state index contributed by atoms with van der Waals surface area (Å²) in [4.78, 5) is 17.5. The third-order valence-corrected chi connectivity index (χ3v) is 3.28. The normalized spacial score (nSPS) is 16.6. The molecule has 0 radical (unpaired) electrons. The highest BCUT2D eigenvalue weighted by Crippen LogP contribution is 2.17. The van der Waals surface area contributed by atoms with Crippen LogP contribution in [-0.4, -0.2) is 50.6 Å². The fourth-order valence-electron chi connectivity index (χ4n) is 2.32. The van der Waals surface area contributed by atoms with Crippen molar-refractivity contribution in [2.24, 2.45) is 7.05 Å². The van der Waals surface area contributed by atoms with Gasteiger partial charge in [0.2, 0.25) is 5.91 Å². The lowest BCUT2D eigenvalue weighted by Gasteiger charge is -2.33. The molecule has 1 aromatic carbocycles. The van der Waals surface area contributed by atoms with Gasteiger partial charge in [-0.2, -0.15) is 4.80 Å². The summed E-state index contributed by atoms with van der Waals surface area (Å²) in [6.45, 7) is 2.43. The number of piperazine rings is 1. The molecule has 1 aliphatic heterocycles. The zero-order valence-electron chi connectivity index (χ0n) is 11.3. The summed E-state index contributed by atoms with van der Waals surface area (Å²) < 4.78 is 0. The van der Waals surface area contributed by atoms with Crippen LogP contribution in [0.15, 0.2) is 30.3 Å². The summed E-state index contributed by atoms with van der Waals surface area (Å²) in [7, 11) is 1.73. The number of para-hydroxylation sites is 1. The minimum atomic E-state index is 0.103. The maximum Gasteiger partial charge on any atom is 0.241 e. The smallest absolute Gasteiger partial charge is 0.241 e. The van der Waals surface area contributed by atoms with E-state index in [9.17, 15) is 4.79 Å². The number of hydrogen-bond acceptors (Lipinski definition) is 5. The van der Waals surface area contributed by atoms with Gasteiger partial charge in [-0.1, -0.05) is 18.2 Å². The summed E-state index contributed by atoms with van der Waals surface area (Å²) >= 11 is 0. The molecule has 0 aliphatic carbocycles. The Labute approximate surface area is 116 Å². The molecule has 1 amide bonds. The van der Waals surface area contributed by atoms with Gasteiger partial charge in [0.1, 0.15) is 0 Å². The molecule has 1 aromatic heterocycles. The van der Waals surface area contributed by atoms with Crippen LogP contribution in [0.5, 0.6) is 0 Å². The molecule has 0 bridgehead atoms. The molecule has 0 spiro atoms. The molecule has 0 N–H and O–H groups in total. The van der Waals surface area contributed by atoms with Crippen molar-refractivity contribution in [3.63, 3.8) is 0 Å². The van der Waals surface area contributed by atoms with E-state index in [1.807, 2.05) is 40.1 Å². The number of amides is 1. The molecule has 0 atom stereocenters. The van der Waals surface area contributed by atoms with Crippen molar-refractivity contribution in [3.8, 4) is 0 Å². The van der Waals surface area contributed by atoms with E-state index in [4.69, 9.17) is 0 Å². The van der Waals surface area contributed by atoms with Crippen LogP contribution in [0.1, 0.15) is 5.82 Å². The first-order chi connectivity index (χ1) is 9.72. The van der Waals surface area contributed by atoms with Crippen molar-refractivity contribution >= 4 is 11.6 Å². The van der Waals surface area contributed by atoms with E-state index in [0.717, 1.165) is 12.2 Å². The van der Waals surface area contributed by atoms with Gasteiger partial charge in [-0.25, -0.2) is 0 Å². The molecule has 1 aliphatic rings. The Balaban J connectivity index is 1.64.